The van der Waals surface area contributed by atoms with Gasteiger partial charge in [0.25, 0.3) is 5.91 Å². The van der Waals surface area contributed by atoms with Crippen LogP contribution in [0.25, 0.3) is 10.9 Å². The smallest absolute Gasteiger partial charge is 0.267 e. The molecule has 0 radical (unpaired) electrons. The first-order valence-corrected chi connectivity index (χ1v) is 6.28. The largest absolute Gasteiger partial charge is 0.351 e. The molecule has 0 saturated carbocycles. The van der Waals surface area contributed by atoms with Gasteiger partial charge >= 0.3 is 0 Å². The summed E-state index contributed by atoms with van der Waals surface area (Å²) in [6, 6.07) is 6.30. The van der Waals surface area contributed by atoms with Gasteiger partial charge in [-0.25, -0.2) is 4.39 Å². The average Bonchev–Trinajstić information content (AvgIpc) is 2.79. The van der Waals surface area contributed by atoms with Crippen LogP contribution in [0.1, 0.15) is 16.9 Å². The number of hydrogen-bond acceptors (Lipinski definition) is 2. The Labute approximate surface area is 111 Å². The molecule has 1 amide bonds. The van der Waals surface area contributed by atoms with Crippen molar-refractivity contribution in [1.82, 2.24) is 15.2 Å². The van der Waals surface area contributed by atoms with E-state index >= 15 is 0 Å². The maximum absolute atomic E-state index is 13.5. The van der Waals surface area contributed by atoms with E-state index in [1.807, 2.05) is 14.1 Å². The molecule has 0 fully saturated rings. The number of aromatic amines is 1. The Hall–Kier alpha value is -1.88. The summed E-state index contributed by atoms with van der Waals surface area (Å²) in [6.45, 7) is 1.52. The number of nitrogens with zero attached hydrogens (tertiary/aromatic N) is 1. The molecule has 0 atom stereocenters. The van der Waals surface area contributed by atoms with Crippen LogP contribution in [0.15, 0.2) is 24.3 Å². The highest BCUT2D eigenvalue weighted by molar-refractivity contribution is 5.98. The lowest BCUT2D eigenvalue weighted by Gasteiger charge is -2.09. The van der Waals surface area contributed by atoms with Crippen LogP contribution >= 0.6 is 0 Å². The molecule has 2 aromatic rings. The lowest BCUT2D eigenvalue weighted by molar-refractivity contribution is 0.0948. The van der Waals surface area contributed by atoms with E-state index < -0.39 is 0 Å². The molecule has 102 valence electrons. The second-order valence-corrected chi connectivity index (χ2v) is 4.80. The number of aromatic nitrogens is 1. The van der Waals surface area contributed by atoms with E-state index in [9.17, 15) is 9.18 Å². The minimum atomic E-state index is -0.319. The Bertz CT molecular complexity index is 577. The van der Waals surface area contributed by atoms with Crippen molar-refractivity contribution < 1.29 is 9.18 Å². The number of fused-ring (bicyclic) bond motifs is 1. The second kappa shape index (κ2) is 5.84. The van der Waals surface area contributed by atoms with Gasteiger partial charge in [0.05, 0.1) is 0 Å². The van der Waals surface area contributed by atoms with Crippen molar-refractivity contribution >= 4 is 16.8 Å². The molecule has 2 N–H and O–H groups in total. The molecule has 0 aliphatic rings. The summed E-state index contributed by atoms with van der Waals surface area (Å²) in [7, 11) is 3.98. The van der Waals surface area contributed by atoms with Crippen LogP contribution in [-0.4, -0.2) is 43.0 Å². The molecule has 0 spiro atoms. The zero-order valence-corrected chi connectivity index (χ0v) is 11.2. The summed E-state index contributed by atoms with van der Waals surface area (Å²) >= 11 is 0. The number of rotatable bonds is 5. The van der Waals surface area contributed by atoms with E-state index in [1.165, 1.54) is 6.07 Å². The van der Waals surface area contributed by atoms with Crippen LogP contribution in [0.4, 0.5) is 4.39 Å². The van der Waals surface area contributed by atoms with Gasteiger partial charge in [0, 0.05) is 17.4 Å². The number of H-pyrrole nitrogens is 1. The fourth-order valence-corrected chi connectivity index (χ4v) is 1.93. The predicted molar refractivity (Wildman–Crippen MR) is 73.8 cm³/mol. The number of amides is 1. The number of nitrogens with one attached hydrogen (secondary N) is 2. The van der Waals surface area contributed by atoms with Crippen molar-refractivity contribution in [3.8, 4) is 0 Å². The van der Waals surface area contributed by atoms with Gasteiger partial charge in [-0.3, -0.25) is 4.79 Å². The average molecular weight is 263 g/mol. The molecule has 5 heteroatoms. The lowest BCUT2D eigenvalue weighted by Crippen LogP contribution is -2.27. The van der Waals surface area contributed by atoms with Gasteiger partial charge in [-0.1, -0.05) is 6.07 Å². The van der Waals surface area contributed by atoms with Gasteiger partial charge in [-0.05, 0) is 45.3 Å². The van der Waals surface area contributed by atoms with Crippen molar-refractivity contribution in [2.75, 3.05) is 27.2 Å². The Morgan fingerprint density at radius 2 is 2.21 bits per heavy atom. The normalized spacial score (nSPS) is 11.2. The van der Waals surface area contributed by atoms with Gasteiger partial charge < -0.3 is 15.2 Å². The first kappa shape index (κ1) is 13.5. The topological polar surface area (TPSA) is 48.1 Å². The zero-order valence-electron chi connectivity index (χ0n) is 11.2. The number of halogens is 1. The van der Waals surface area contributed by atoms with Crippen LogP contribution in [0.3, 0.4) is 0 Å². The van der Waals surface area contributed by atoms with E-state index in [0.717, 1.165) is 13.0 Å². The van der Waals surface area contributed by atoms with Crippen LogP contribution in [0, 0.1) is 5.82 Å². The van der Waals surface area contributed by atoms with Crippen LogP contribution in [0.5, 0.6) is 0 Å². The molecule has 2 rings (SSSR count). The maximum Gasteiger partial charge on any atom is 0.267 e. The standard InChI is InChI=1S/C14H18FN3O/c1-18(2)8-4-7-16-14(19)13-9-10-11(15)5-3-6-12(10)17-13/h3,5-6,9,17H,4,7-8H2,1-2H3,(H,16,19). The van der Waals surface area contributed by atoms with Crippen molar-refractivity contribution in [3.05, 3.63) is 35.8 Å². The summed E-state index contributed by atoms with van der Waals surface area (Å²) in [5.41, 5.74) is 1.03. The van der Waals surface area contributed by atoms with E-state index in [2.05, 4.69) is 15.2 Å². The number of hydrogen-bond donors (Lipinski definition) is 2. The maximum atomic E-state index is 13.5. The molecule has 0 unspecified atom stereocenters. The SMILES string of the molecule is CN(C)CCCNC(=O)c1cc2c(F)cccc2[nH]1. The Balaban J connectivity index is 2.00. The third-order valence-electron chi connectivity index (χ3n) is 2.92. The predicted octanol–water partition coefficient (Wildman–Crippen LogP) is 1.99. The van der Waals surface area contributed by atoms with Crippen LogP contribution in [0.2, 0.25) is 0 Å². The van der Waals surface area contributed by atoms with E-state index in [0.29, 0.717) is 23.1 Å². The zero-order chi connectivity index (χ0) is 13.8. The quantitative estimate of drug-likeness (QED) is 0.810. The molecule has 0 saturated heterocycles. The van der Waals surface area contributed by atoms with Crippen LogP contribution in [-0.2, 0) is 0 Å². The highest BCUT2D eigenvalue weighted by Gasteiger charge is 2.10. The minimum Gasteiger partial charge on any atom is -0.351 e. The molecular formula is C14H18FN3O. The molecular weight excluding hydrogens is 245 g/mol. The highest BCUT2D eigenvalue weighted by atomic mass is 19.1. The van der Waals surface area contributed by atoms with Crippen LogP contribution < -0.4 is 5.32 Å². The van der Waals surface area contributed by atoms with Gasteiger partial charge in [0.1, 0.15) is 11.5 Å². The fourth-order valence-electron chi connectivity index (χ4n) is 1.93. The summed E-state index contributed by atoms with van der Waals surface area (Å²) in [5, 5.41) is 3.26. The number of carbonyl (C=O) groups excluding carboxylic acids is 1. The first-order valence-electron chi connectivity index (χ1n) is 6.28. The van der Waals surface area contributed by atoms with E-state index in [-0.39, 0.29) is 11.7 Å². The highest BCUT2D eigenvalue weighted by Crippen LogP contribution is 2.18. The monoisotopic (exact) mass is 263 g/mol. The van der Waals surface area contributed by atoms with Crippen molar-refractivity contribution in [2.45, 2.75) is 6.42 Å². The molecule has 1 aromatic carbocycles. The number of carbonyl (C=O) groups is 1. The summed E-state index contributed by atoms with van der Waals surface area (Å²) in [5.74, 6) is -0.519. The van der Waals surface area contributed by atoms with Gasteiger partial charge in [-0.15, -0.1) is 0 Å². The Morgan fingerprint density at radius 1 is 1.42 bits per heavy atom. The molecule has 19 heavy (non-hydrogen) atoms. The summed E-state index contributed by atoms with van der Waals surface area (Å²) in [4.78, 5) is 16.9. The Kier molecular flexibility index (Phi) is 4.16. The minimum absolute atomic E-state index is 0.200. The number of benzene rings is 1. The van der Waals surface area contributed by atoms with Crippen molar-refractivity contribution in [2.24, 2.45) is 0 Å². The van der Waals surface area contributed by atoms with Crippen molar-refractivity contribution in [1.29, 1.82) is 0 Å². The van der Waals surface area contributed by atoms with E-state index in [4.69, 9.17) is 0 Å². The van der Waals surface area contributed by atoms with Gasteiger partial charge in [0.15, 0.2) is 0 Å². The third kappa shape index (κ3) is 3.32. The molecule has 4 nitrogen and oxygen atoms in total. The van der Waals surface area contributed by atoms with E-state index in [1.54, 1.807) is 18.2 Å². The first-order chi connectivity index (χ1) is 9.08. The van der Waals surface area contributed by atoms with Gasteiger partial charge in [-0.2, -0.15) is 0 Å². The molecule has 0 bridgehead atoms. The molecule has 0 aliphatic heterocycles. The van der Waals surface area contributed by atoms with Crippen molar-refractivity contribution in [3.63, 3.8) is 0 Å². The summed E-state index contributed by atoms with van der Waals surface area (Å²) in [6.07, 6.45) is 0.882. The fraction of sp³-hybridized carbons (Fsp3) is 0.357. The second-order valence-electron chi connectivity index (χ2n) is 4.80. The molecule has 0 aliphatic carbocycles. The Morgan fingerprint density at radius 3 is 2.89 bits per heavy atom. The van der Waals surface area contributed by atoms with Gasteiger partial charge in [0.2, 0.25) is 0 Å². The molecule has 1 aromatic heterocycles. The molecule has 1 heterocycles. The third-order valence-corrected chi connectivity index (χ3v) is 2.92. The summed E-state index contributed by atoms with van der Waals surface area (Å²) < 4.78 is 13.5. The lowest BCUT2D eigenvalue weighted by atomic mass is 10.2.